The zero-order valence-corrected chi connectivity index (χ0v) is 15.6. The highest BCUT2D eigenvalue weighted by Crippen LogP contribution is 2.44. The molecule has 2 aliphatic rings. The monoisotopic (exact) mass is 401 g/mol. The third-order valence-corrected chi connectivity index (χ3v) is 5.85. The molecule has 6 nitrogen and oxygen atoms in total. The number of nitrogens with zero attached hydrogens (tertiary/aromatic N) is 5. The fraction of sp³-hybridized carbons (Fsp3) is 0.350. The van der Waals surface area contributed by atoms with Crippen LogP contribution in [0, 0.1) is 17.5 Å². The standard InChI is InChI=1S/C20H18F3N5O/c1-26-19(11-8-14(21)17(23)15(22)9-11)13-10-12-4-2-5-16(18(13)25-26)28(12)20(29)27-7-3-6-24-27/h3,6-9,12,16H,2,4-5,10H2,1H3/t12-,16+/m1/s1. The van der Waals surface area contributed by atoms with E-state index in [-0.39, 0.29) is 23.7 Å². The number of fused-ring (bicyclic) bond motifs is 4. The molecule has 2 aromatic heterocycles. The summed E-state index contributed by atoms with van der Waals surface area (Å²) in [5.41, 5.74) is 2.38. The van der Waals surface area contributed by atoms with E-state index in [4.69, 9.17) is 0 Å². The van der Waals surface area contributed by atoms with Gasteiger partial charge in [0.1, 0.15) is 0 Å². The Kier molecular flexibility index (Phi) is 4.01. The Morgan fingerprint density at radius 2 is 1.93 bits per heavy atom. The molecule has 5 rings (SSSR count). The zero-order valence-electron chi connectivity index (χ0n) is 15.6. The first-order chi connectivity index (χ1) is 14.0. The average molecular weight is 401 g/mol. The van der Waals surface area contributed by atoms with Crippen molar-refractivity contribution in [1.82, 2.24) is 24.5 Å². The Morgan fingerprint density at radius 1 is 1.17 bits per heavy atom. The topological polar surface area (TPSA) is 56.0 Å². The smallest absolute Gasteiger partial charge is 0.311 e. The molecule has 1 fully saturated rings. The molecule has 0 radical (unpaired) electrons. The lowest BCUT2D eigenvalue weighted by molar-refractivity contribution is 0.0934. The molecule has 0 spiro atoms. The second-order valence-electron chi connectivity index (χ2n) is 7.54. The van der Waals surface area contributed by atoms with Gasteiger partial charge < -0.3 is 4.90 Å². The minimum Gasteiger partial charge on any atom is -0.311 e. The molecule has 150 valence electrons. The number of hydrogen-bond acceptors (Lipinski definition) is 3. The van der Waals surface area contributed by atoms with Gasteiger partial charge in [0.2, 0.25) is 0 Å². The van der Waals surface area contributed by atoms with Crippen molar-refractivity contribution >= 4 is 6.03 Å². The van der Waals surface area contributed by atoms with E-state index >= 15 is 0 Å². The fourth-order valence-corrected chi connectivity index (χ4v) is 4.68. The van der Waals surface area contributed by atoms with Crippen LogP contribution in [0.25, 0.3) is 11.3 Å². The Labute approximate surface area is 164 Å². The van der Waals surface area contributed by atoms with Gasteiger partial charge in [-0.2, -0.15) is 14.9 Å². The molecule has 9 heteroatoms. The van der Waals surface area contributed by atoms with Crippen LogP contribution in [0.15, 0.2) is 30.6 Å². The van der Waals surface area contributed by atoms with Crippen LogP contribution in [0.3, 0.4) is 0 Å². The van der Waals surface area contributed by atoms with E-state index < -0.39 is 17.5 Å². The van der Waals surface area contributed by atoms with Crippen LogP contribution >= 0.6 is 0 Å². The molecule has 0 N–H and O–H groups in total. The first kappa shape index (κ1) is 18.0. The maximum Gasteiger partial charge on any atom is 0.345 e. The van der Waals surface area contributed by atoms with Gasteiger partial charge in [0.15, 0.2) is 17.5 Å². The second kappa shape index (κ2) is 6.47. The Bertz CT molecular complexity index is 1080. The Hall–Kier alpha value is -3.10. The molecule has 0 aliphatic carbocycles. The number of hydrogen-bond donors (Lipinski definition) is 0. The molecular weight excluding hydrogens is 383 g/mol. The van der Waals surface area contributed by atoms with E-state index in [2.05, 4.69) is 10.2 Å². The van der Waals surface area contributed by atoms with Crippen molar-refractivity contribution < 1.29 is 18.0 Å². The van der Waals surface area contributed by atoms with Gasteiger partial charge in [-0.25, -0.2) is 18.0 Å². The molecule has 2 bridgehead atoms. The van der Waals surface area contributed by atoms with E-state index in [9.17, 15) is 18.0 Å². The quantitative estimate of drug-likeness (QED) is 0.583. The van der Waals surface area contributed by atoms with Crippen LogP contribution in [-0.2, 0) is 13.5 Å². The lowest BCUT2D eigenvalue weighted by Gasteiger charge is -2.44. The molecule has 2 aliphatic heterocycles. The summed E-state index contributed by atoms with van der Waals surface area (Å²) in [5.74, 6) is -3.96. The molecule has 29 heavy (non-hydrogen) atoms. The largest absolute Gasteiger partial charge is 0.345 e. The molecule has 4 heterocycles. The van der Waals surface area contributed by atoms with Crippen molar-refractivity contribution in [3.05, 3.63) is 59.3 Å². The van der Waals surface area contributed by atoms with E-state index in [1.165, 1.54) is 4.68 Å². The van der Waals surface area contributed by atoms with Crippen molar-refractivity contribution in [3.8, 4) is 11.3 Å². The molecular formula is C20H18F3N5O. The highest BCUT2D eigenvalue weighted by Gasteiger charge is 2.44. The van der Waals surface area contributed by atoms with Crippen molar-refractivity contribution in [2.75, 3.05) is 0 Å². The third-order valence-electron chi connectivity index (χ3n) is 5.85. The number of piperidine rings is 1. The van der Waals surface area contributed by atoms with Gasteiger partial charge in [0.25, 0.3) is 0 Å². The van der Waals surface area contributed by atoms with Crippen molar-refractivity contribution in [2.45, 2.75) is 37.8 Å². The van der Waals surface area contributed by atoms with Crippen LogP contribution in [-0.4, -0.2) is 36.5 Å². The lowest BCUT2D eigenvalue weighted by Crippen LogP contribution is -2.51. The van der Waals surface area contributed by atoms with Crippen molar-refractivity contribution in [1.29, 1.82) is 0 Å². The second-order valence-corrected chi connectivity index (χ2v) is 7.54. The molecule has 1 aromatic carbocycles. The van der Waals surface area contributed by atoms with E-state index in [0.717, 1.165) is 42.7 Å². The molecule has 2 atom stereocenters. The summed E-state index contributed by atoms with van der Waals surface area (Å²) in [7, 11) is 1.69. The van der Waals surface area contributed by atoms with E-state index in [0.29, 0.717) is 12.1 Å². The minimum atomic E-state index is -1.49. The average Bonchev–Trinajstić information content (AvgIpc) is 3.33. The normalized spacial score (nSPS) is 20.6. The maximum atomic E-state index is 13.8. The van der Waals surface area contributed by atoms with Gasteiger partial charge in [-0.1, -0.05) is 0 Å². The number of amides is 1. The van der Waals surface area contributed by atoms with Crippen molar-refractivity contribution in [2.24, 2.45) is 7.05 Å². The SMILES string of the molecule is Cn1nc2c(c1-c1cc(F)c(F)c(F)c1)C[C@H]1CCC[C@@H]2N1C(=O)n1cccn1. The number of aromatic nitrogens is 4. The fourth-order valence-electron chi connectivity index (χ4n) is 4.68. The highest BCUT2D eigenvalue weighted by atomic mass is 19.2. The Balaban J connectivity index is 1.62. The number of carbonyl (C=O) groups is 1. The van der Waals surface area contributed by atoms with Gasteiger partial charge in [0, 0.05) is 36.6 Å². The summed E-state index contributed by atoms with van der Waals surface area (Å²) in [4.78, 5) is 14.8. The Morgan fingerprint density at radius 3 is 2.62 bits per heavy atom. The number of carbonyl (C=O) groups excluding carboxylic acids is 1. The van der Waals surface area contributed by atoms with Gasteiger partial charge in [-0.15, -0.1) is 0 Å². The van der Waals surface area contributed by atoms with E-state index in [1.54, 1.807) is 30.2 Å². The zero-order chi connectivity index (χ0) is 20.3. The predicted molar refractivity (Wildman–Crippen MR) is 97.5 cm³/mol. The molecule has 0 saturated carbocycles. The first-order valence-corrected chi connectivity index (χ1v) is 9.48. The maximum absolute atomic E-state index is 13.8. The molecule has 3 aromatic rings. The summed E-state index contributed by atoms with van der Waals surface area (Å²) >= 11 is 0. The number of aryl methyl sites for hydroxylation is 1. The summed E-state index contributed by atoms with van der Waals surface area (Å²) < 4.78 is 44.0. The highest BCUT2D eigenvalue weighted by molar-refractivity contribution is 5.78. The molecule has 0 unspecified atom stereocenters. The predicted octanol–water partition coefficient (Wildman–Crippen LogP) is 3.82. The van der Waals surface area contributed by atoms with Gasteiger partial charge in [-0.05, 0) is 43.9 Å². The van der Waals surface area contributed by atoms with Crippen LogP contribution in [0.2, 0.25) is 0 Å². The van der Waals surface area contributed by atoms with Crippen molar-refractivity contribution in [3.63, 3.8) is 0 Å². The van der Waals surface area contributed by atoms with Crippen LogP contribution in [0.5, 0.6) is 0 Å². The van der Waals surface area contributed by atoms with E-state index in [1.807, 2.05) is 4.90 Å². The third kappa shape index (κ3) is 2.67. The van der Waals surface area contributed by atoms with Crippen LogP contribution in [0.1, 0.15) is 36.6 Å². The van der Waals surface area contributed by atoms with Gasteiger partial charge in [-0.3, -0.25) is 4.68 Å². The summed E-state index contributed by atoms with van der Waals surface area (Å²) in [6.07, 6.45) is 6.22. The number of benzene rings is 1. The lowest BCUT2D eigenvalue weighted by atomic mass is 9.82. The van der Waals surface area contributed by atoms with Gasteiger partial charge >= 0.3 is 6.03 Å². The summed E-state index contributed by atoms with van der Waals surface area (Å²) in [6.45, 7) is 0. The van der Waals surface area contributed by atoms with Gasteiger partial charge in [0.05, 0.1) is 17.4 Å². The summed E-state index contributed by atoms with van der Waals surface area (Å²) in [6, 6.07) is 3.18. The van der Waals surface area contributed by atoms with Crippen LogP contribution in [0.4, 0.5) is 18.0 Å². The number of rotatable bonds is 1. The minimum absolute atomic E-state index is 0.0592. The first-order valence-electron chi connectivity index (χ1n) is 9.48. The number of halogens is 3. The molecule has 1 amide bonds. The summed E-state index contributed by atoms with van der Waals surface area (Å²) in [5, 5.41) is 8.65. The molecule has 1 saturated heterocycles. The van der Waals surface area contributed by atoms with Crippen LogP contribution < -0.4 is 0 Å².